The molecule has 0 aromatic carbocycles. The largest absolute Gasteiger partial charge is 0.368 e. The fourth-order valence-corrected chi connectivity index (χ4v) is 2.49. The summed E-state index contributed by atoms with van der Waals surface area (Å²) in [5.74, 6) is 1.85. The molecule has 0 spiro atoms. The third-order valence-electron chi connectivity index (χ3n) is 3.15. The van der Waals surface area contributed by atoms with E-state index >= 15 is 0 Å². The second-order valence-corrected chi connectivity index (χ2v) is 4.34. The van der Waals surface area contributed by atoms with Gasteiger partial charge in [0, 0.05) is 12.2 Å². The van der Waals surface area contributed by atoms with Crippen molar-refractivity contribution < 1.29 is 0 Å². The molecule has 12 heavy (non-hydrogen) atoms. The summed E-state index contributed by atoms with van der Waals surface area (Å²) < 4.78 is 0. The lowest BCUT2D eigenvalue weighted by molar-refractivity contribution is 0.313. The molecule has 1 saturated carbocycles. The van der Waals surface area contributed by atoms with Crippen molar-refractivity contribution in [3.63, 3.8) is 0 Å². The van der Waals surface area contributed by atoms with Gasteiger partial charge in [-0.1, -0.05) is 18.7 Å². The zero-order valence-electron chi connectivity index (χ0n) is 8.01. The van der Waals surface area contributed by atoms with Gasteiger partial charge in [-0.25, -0.2) is 0 Å². The highest BCUT2D eigenvalue weighted by molar-refractivity contribution is 5.20. The number of rotatable bonds is 2. The first-order valence-corrected chi connectivity index (χ1v) is 4.69. The van der Waals surface area contributed by atoms with Gasteiger partial charge >= 0.3 is 0 Å². The molecule has 66 valence electrons. The topological polar surface area (TPSA) is 3.24 Å². The summed E-state index contributed by atoms with van der Waals surface area (Å²) in [6.07, 6.45) is 1.42. The van der Waals surface area contributed by atoms with Gasteiger partial charge in [0.1, 0.15) is 0 Å². The van der Waals surface area contributed by atoms with Crippen molar-refractivity contribution in [2.75, 3.05) is 6.54 Å². The number of allylic oxidation sites excluding steroid dienone is 1. The second-order valence-electron chi connectivity index (χ2n) is 4.34. The molecule has 1 nitrogen and oxygen atoms in total. The van der Waals surface area contributed by atoms with Crippen molar-refractivity contribution in [1.82, 2.24) is 4.90 Å². The van der Waals surface area contributed by atoms with Crippen molar-refractivity contribution in [2.45, 2.75) is 26.3 Å². The molecule has 2 fully saturated rings. The van der Waals surface area contributed by atoms with E-state index in [1.165, 1.54) is 24.2 Å². The Hall–Kier alpha value is -0.720. The Morgan fingerprint density at radius 1 is 1.33 bits per heavy atom. The lowest BCUT2D eigenvalue weighted by atomic mass is 10.1. The standard InChI is InChI=1S/C11H17N/c1-7(2)11-10-5-9(10)6-12(11)8(3)4/h9-11H,1,3,5-6H2,2,4H3. The predicted octanol–water partition coefficient (Wildman–Crippen LogP) is 2.42. The zero-order valence-corrected chi connectivity index (χ0v) is 8.01. The molecule has 0 aromatic heterocycles. The number of nitrogens with zero attached hydrogens (tertiary/aromatic N) is 1. The van der Waals surface area contributed by atoms with Crippen molar-refractivity contribution in [2.24, 2.45) is 11.8 Å². The van der Waals surface area contributed by atoms with Gasteiger partial charge in [0.25, 0.3) is 0 Å². The summed E-state index contributed by atoms with van der Waals surface area (Å²) in [5.41, 5.74) is 2.51. The van der Waals surface area contributed by atoms with Gasteiger partial charge in [-0.3, -0.25) is 0 Å². The Bertz CT molecular complexity index is 241. The first-order valence-electron chi connectivity index (χ1n) is 4.69. The first kappa shape index (κ1) is 7.90. The maximum atomic E-state index is 4.06. The highest BCUT2D eigenvalue weighted by atomic mass is 15.2. The summed E-state index contributed by atoms with van der Waals surface area (Å²) in [7, 11) is 0. The highest BCUT2D eigenvalue weighted by Crippen LogP contribution is 2.52. The van der Waals surface area contributed by atoms with Crippen LogP contribution in [0, 0.1) is 11.8 Å². The lowest BCUT2D eigenvalue weighted by Gasteiger charge is -2.29. The van der Waals surface area contributed by atoms with Gasteiger partial charge in [-0.15, -0.1) is 0 Å². The number of hydrogen-bond acceptors (Lipinski definition) is 1. The summed E-state index contributed by atoms with van der Waals surface area (Å²) >= 11 is 0. The van der Waals surface area contributed by atoms with E-state index in [4.69, 9.17) is 0 Å². The van der Waals surface area contributed by atoms with E-state index in [9.17, 15) is 0 Å². The van der Waals surface area contributed by atoms with Crippen LogP contribution in [0.1, 0.15) is 20.3 Å². The van der Waals surface area contributed by atoms with Crippen LogP contribution in [-0.4, -0.2) is 17.5 Å². The fraction of sp³-hybridized carbons (Fsp3) is 0.636. The molecule has 1 aliphatic carbocycles. The molecule has 0 bridgehead atoms. The summed E-state index contributed by atoms with van der Waals surface area (Å²) in [5, 5.41) is 0. The van der Waals surface area contributed by atoms with E-state index in [2.05, 4.69) is 31.9 Å². The first-order chi connectivity index (χ1) is 5.61. The van der Waals surface area contributed by atoms with Gasteiger partial charge in [-0.05, 0) is 32.1 Å². The van der Waals surface area contributed by atoms with Crippen LogP contribution >= 0.6 is 0 Å². The Labute approximate surface area is 74.8 Å². The molecule has 3 unspecified atom stereocenters. The Kier molecular flexibility index (Phi) is 1.57. The van der Waals surface area contributed by atoms with Gasteiger partial charge in [0.05, 0.1) is 6.04 Å². The number of hydrogen-bond donors (Lipinski definition) is 0. The van der Waals surface area contributed by atoms with E-state index in [-0.39, 0.29) is 0 Å². The molecule has 1 aliphatic heterocycles. The van der Waals surface area contributed by atoms with Crippen LogP contribution < -0.4 is 0 Å². The molecular formula is C11H17N. The predicted molar refractivity (Wildman–Crippen MR) is 51.7 cm³/mol. The third-order valence-corrected chi connectivity index (χ3v) is 3.15. The fourth-order valence-electron chi connectivity index (χ4n) is 2.49. The van der Waals surface area contributed by atoms with Crippen LogP contribution in [-0.2, 0) is 0 Å². The molecule has 1 saturated heterocycles. The number of fused-ring (bicyclic) bond motifs is 1. The van der Waals surface area contributed by atoms with Gasteiger partial charge in [0.2, 0.25) is 0 Å². The molecule has 1 heteroatoms. The smallest absolute Gasteiger partial charge is 0.0525 e. The van der Waals surface area contributed by atoms with Crippen LogP contribution in [0.3, 0.4) is 0 Å². The maximum Gasteiger partial charge on any atom is 0.0525 e. The quantitative estimate of drug-likeness (QED) is 0.565. The van der Waals surface area contributed by atoms with E-state index in [1.54, 1.807) is 0 Å². The normalized spacial score (nSPS) is 37.8. The SMILES string of the molecule is C=C(C)C1C2CC2CN1C(=C)C. The second kappa shape index (κ2) is 2.38. The minimum absolute atomic E-state index is 0.604. The minimum atomic E-state index is 0.604. The molecule has 2 aliphatic rings. The van der Waals surface area contributed by atoms with Crippen molar-refractivity contribution >= 4 is 0 Å². The highest BCUT2D eigenvalue weighted by Gasteiger charge is 2.52. The lowest BCUT2D eigenvalue weighted by Crippen LogP contribution is -2.31. The van der Waals surface area contributed by atoms with Crippen LogP contribution in [0.25, 0.3) is 0 Å². The van der Waals surface area contributed by atoms with Gasteiger partial charge in [-0.2, -0.15) is 0 Å². The summed E-state index contributed by atoms with van der Waals surface area (Å²) in [4.78, 5) is 2.42. The van der Waals surface area contributed by atoms with E-state index in [0.29, 0.717) is 6.04 Å². The molecule has 1 heterocycles. The average Bonchev–Trinajstić information content (AvgIpc) is 2.60. The Morgan fingerprint density at radius 2 is 2.00 bits per heavy atom. The van der Waals surface area contributed by atoms with E-state index in [1.807, 2.05) is 0 Å². The number of piperidine rings is 1. The summed E-state index contributed by atoms with van der Waals surface area (Å²) in [6.45, 7) is 13.5. The average molecular weight is 163 g/mol. The molecule has 0 radical (unpaired) electrons. The Morgan fingerprint density at radius 3 is 2.42 bits per heavy atom. The Balaban J connectivity index is 2.16. The monoisotopic (exact) mass is 163 g/mol. The van der Waals surface area contributed by atoms with Crippen LogP contribution in [0.5, 0.6) is 0 Å². The number of likely N-dealkylation sites (tertiary alicyclic amines) is 1. The molecule has 0 amide bonds. The van der Waals surface area contributed by atoms with Crippen molar-refractivity contribution in [1.29, 1.82) is 0 Å². The third kappa shape index (κ3) is 0.996. The van der Waals surface area contributed by atoms with E-state index in [0.717, 1.165) is 11.8 Å². The van der Waals surface area contributed by atoms with E-state index < -0.39 is 0 Å². The maximum absolute atomic E-state index is 4.06. The van der Waals surface area contributed by atoms with Crippen LogP contribution in [0.2, 0.25) is 0 Å². The van der Waals surface area contributed by atoms with Gasteiger partial charge < -0.3 is 4.90 Å². The van der Waals surface area contributed by atoms with Crippen molar-refractivity contribution in [3.05, 3.63) is 24.4 Å². The zero-order chi connectivity index (χ0) is 8.88. The minimum Gasteiger partial charge on any atom is -0.368 e. The van der Waals surface area contributed by atoms with Crippen LogP contribution in [0.15, 0.2) is 24.4 Å². The molecule has 0 N–H and O–H groups in total. The molecule has 3 atom stereocenters. The van der Waals surface area contributed by atoms with Gasteiger partial charge in [0.15, 0.2) is 0 Å². The molecule has 0 aromatic rings. The summed E-state index contributed by atoms with van der Waals surface area (Å²) in [6, 6.07) is 0.604. The molecule has 2 rings (SSSR count). The molecular weight excluding hydrogens is 146 g/mol. The van der Waals surface area contributed by atoms with Crippen molar-refractivity contribution in [3.8, 4) is 0 Å². The van der Waals surface area contributed by atoms with Crippen LogP contribution in [0.4, 0.5) is 0 Å².